The highest BCUT2D eigenvalue weighted by atomic mass is 16.4. The van der Waals surface area contributed by atoms with Crippen molar-refractivity contribution in [3.8, 4) is 0 Å². The van der Waals surface area contributed by atoms with E-state index in [1.165, 1.54) is 19.3 Å². The van der Waals surface area contributed by atoms with Crippen LogP contribution in [0.5, 0.6) is 0 Å². The number of rotatable bonds is 4. The number of carbonyl (C=O) groups is 1. The Labute approximate surface area is 95.5 Å². The van der Waals surface area contributed by atoms with Gasteiger partial charge < -0.3 is 10.4 Å². The quantitative estimate of drug-likeness (QED) is 0.818. The van der Waals surface area contributed by atoms with Gasteiger partial charge in [0.1, 0.15) is 0 Å². The molecule has 0 heterocycles. The molecule has 0 bridgehead atoms. The maximum atomic E-state index is 10.8. The molecule has 1 aliphatic rings. The molecule has 3 heteroatoms. The monoisotopic (exact) mass is 219 g/mol. The fraction of sp³-hybridized carbons (Fsp3) is 0.462. The molecule has 0 atom stereocenters. The lowest BCUT2D eigenvalue weighted by Crippen LogP contribution is -2.21. The Hall–Kier alpha value is -1.51. The van der Waals surface area contributed by atoms with E-state index in [9.17, 15) is 4.79 Å². The first-order valence-electron chi connectivity index (χ1n) is 5.74. The standard InChI is InChI=1S/C13H17NO2/c1-9-5-6-11(13(15)16)7-12(9)14-8-10-3-2-4-10/h5-7,10,14H,2-4,8H2,1H3,(H,15,16). The molecule has 1 aromatic carbocycles. The van der Waals surface area contributed by atoms with Crippen LogP contribution < -0.4 is 5.32 Å². The van der Waals surface area contributed by atoms with Crippen LogP contribution in [0.4, 0.5) is 5.69 Å². The van der Waals surface area contributed by atoms with E-state index < -0.39 is 5.97 Å². The second-order valence-electron chi connectivity index (χ2n) is 4.51. The number of hydrogen-bond acceptors (Lipinski definition) is 2. The van der Waals surface area contributed by atoms with Crippen LogP contribution in [0.25, 0.3) is 0 Å². The van der Waals surface area contributed by atoms with Gasteiger partial charge in [-0.1, -0.05) is 12.5 Å². The van der Waals surface area contributed by atoms with Gasteiger partial charge in [0.05, 0.1) is 5.56 Å². The highest BCUT2D eigenvalue weighted by Gasteiger charge is 2.17. The van der Waals surface area contributed by atoms with Crippen molar-refractivity contribution >= 4 is 11.7 Å². The summed E-state index contributed by atoms with van der Waals surface area (Å²) in [6.07, 6.45) is 3.93. The molecule has 1 saturated carbocycles. The normalized spacial score (nSPS) is 15.6. The number of anilines is 1. The zero-order valence-corrected chi connectivity index (χ0v) is 9.49. The number of aromatic carboxylic acids is 1. The Morgan fingerprint density at radius 2 is 2.25 bits per heavy atom. The van der Waals surface area contributed by atoms with Gasteiger partial charge in [-0.25, -0.2) is 4.79 Å². The summed E-state index contributed by atoms with van der Waals surface area (Å²) in [6.45, 7) is 2.96. The lowest BCUT2D eigenvalue weighted by molar-refractivity contribution is 0.0697. The average Bonchev–Trinajstić information content (AvgIpc) is 2.18. The Morgan fingerprint density at radius 3 is 2.81 bits per heavy atom. The first-order valence-corrected chi connectivity index (χ1v) is 5.74. The minimum atomic E-state index is -0.869. The zero-order chi connectivity index (χ0) is 11.5. The first kappa shape index (κ1) is 11.0. The number of nitrogens with one attached hydrogen (secondary N) is 1. The first-order chi connectivity index (χ1) is 7.66. The second kappa shape index (κ2) is 4.56. The number of carboxylic acids is 1. The van der Waals surface area contributed by atoms with Gasteiger partial charge in [0, 0.05) is 12.2 Å². The Bertz CT molecular complexity index is 397. The summed E-state index contributed by atoms with van der Waals surface area (Å²) in [6, 6.07) is 5.22. The summed E-state index contributed by atoms with van der Waals surface area (Å²) in [4.78, 5) is 10.8. The molecule has 0 amide bonds. The maximum absolute atomic E-state index is 10.8. The third kappa shape index (κ3) is 2.35. The molecule has 0 radical (unpaired) electrons. The van der Waals surface area contributed by atoms with Crippen LogP contribution in [0.2, 0.25) is 0 Å². The molecule has 0 spiro atoms. The van der Waals surface area contributed by atoms with Crippen molar-refractivity contribution in [2.75, 3.05) is 11.9 Å². The molecule has 2 rings (SSSR count). The van der Waals surface area contributed by atoms with Crippen LogP contribution in [0.1, 0.15) is 35.2 Å². The van der Waals surface area contributed by atoms with Crippen LogP contribution >= 0.6 is 0 Å². The Kier molecular flexibility index (Phi) is 3.13. The topological polar surface area (TPSA) is 49.3 Å². The van der Waals surface area contributed by atoms with Gasteiger partial charge in [0.25, 0.3) is 0 Å². The van der Waals surface area contributed by atoms with Crippen LogP contribution in [-0.4, -0.2) is 17.6 Å². The SMILES string of the molecule is Cc1ccc(C(=O)O)cc1NCC1CCC1. The highest BCUT2D eigenvalue weighted by Crippen LogP contribution is 2.27. The summed E-state index contributed by atoms with van der Waals surface area (Å²) >= 11 is 0. The molecule has 86 valence electrons. The predicted octanol–water partition coefficient (Wildman–Crippen LogP) is 2.91. The lowest BCUT2D eigenvalue weighted by atomic mass is 9.85. The molecule has 16 heavy (non-hydrogen) atoms. The summed E-state index contributed by atoms with van der Waals surface area (Å²) in [7, 11) is 0. The number of hydrogen-bond donors (Lipinski definition) is 2. The van der Waals surface area contributed by atoms with Crippen molar-refractivity contribution in [1.82, 2.24) is 0 Å². The lowest BCUT2D eigenvalue weighted by Gasteiger charge is -2.26. The van der Waals surface area contributed by atoms with Crippen molar-refractivity contribution in [3.05, 3.63) is 29.3 Å². The molecule has 3 nitrogen and oxygen atoms in total. The van der Waals surface area contributed by atoms with E-state index in [1.807, 2.05) is 13.0 Å². The minimum Gasteiger partial charge on any atom is -0.478 e. The minimum absolute atomic E-state index is 0.349. The van der Waals surface area contributed by atoms with Gasteiger partial charge >= 0.3 is 5.97 Å². The molecular formula is C13H17NO2. The van der Waals surface area contributed by atoms with Gasteiger partial charge in [0.2, 0.25) is 0 Å². The molecule has 1 fully saturated rings. The molecule has 0 aromatic heterocycles. The predicted molar refractivity (Wildman–Crippen MR) is 64.0 cm³/mol. The molecule has 1 aromatic rings. The van der Waals surface area contributed by atoms with Gasteiger partial charge in [0.15, 0.2) is 0 Å². The number of aryl methyl sites for hydroxylation is 1. The largest absolute Gasteiger partial charge is 0.478 e. The molecule has 2 N–H and O–H groups in total. The van der Waals surface area contributed by atoms with Gasteiger partial charge in [-0.05, 0) is 43.4 Å². The van der Waals surface area contributed by atoms with E-state index in [0.717, 1.165) is 23.7 Å². The molecule has 1 aliphatic carbocycles. The summed E-state index contributed by atoms with van der Waals surface area (Å²) in [5, 5.41) is 12.3. The average molecular weight is 219 g/mol. The van der Waals surface area contributed by atoms with Crippen LogP contribution in [-0.2, 0) is 0 Å². The summed E-state index contributed by atoms with van der Waals surface area (Å²) in [5.74, 6) is -0.0976. The summed E-state index contributed by atoms with van der Waals surface area (Å²) in [5.41, 5.74) is 2.40. The van der Waals surface area contributed by atoms with E-state index in [1.54, 1.807) is 12.1 Å². The van der Waals surface area contributed by atoms with Crippen LogP contribution in [0.15, 0.2) is 18.2 Å². The molecule has 0 unspecified atom stereocenters. The molecule has 0 aliphatic heterocycles. The smallest absolute Gasteiger partial charge is 0.335 e. The molecular weight excluding hydrogens is 202 g/mol. The number of carboxylic acid groups (broad SMARTS) is 1. The van der Waals surface area contributed by atoms with Crippen LogP contribution in [0.3, 0.4) is 0 Å². The van der Waals surface area contributed by atoms with Crippen molar-refractivity contribution in [2.45, 2.75) is 26.2 Å². The fourth-order valence-electron chi connectivity index (χ4n) is 1.90. The van der Waals surface area contributed by atoms with E-state index in [-0.39, 0.29) is 0 Å². The van der Waals surface area contributed by atoms with Gasteiger partial charge in [-0.15, -0.1) is 0 Å². The number of benzene rings is 1. The fourth-order valence-corrected chi connectivity index (χ4v) is 1.90. The Balaban J connectivity index is 2.05. The second-order valence-corrected chi connectivity index (χ2v) is 4.51. The van der Waals surface area contributed by atoms with E-state index in [0.29, 0.717) is 5.56 Å². The van der Waals surface area contributed by atoms with E-state index in [2.05, 4.69) is 5.32 Å². The van der Waals surface area contributed by atoms with E-state index >= 15 is 0 Å². The summed E-state index contributed by atoms with van der Waals surface area (Å²) < 4.78 is 0. The van der Waals surface area contributed by atoms with Crippen molar-refractivity contribution in [2.24, 2.45) is 5.92 Å². The van der Waals surface area contributed by atoms with Crippen LogP contribution in [0, 0.1) is 12.8 Å². The van der Waals surface area contributed by atoms with Gasteiger partial charge in [-0.3, -0.25) is 0 Å². The van der Waals surface area contributed by atoms with Crippen molar-refractivity contribution < 1.29 is 9.90 Å². The van der Waals surface area contributed by atoms with Crippen molar-refractivity contribution in [3.63, 3.8) is 0 Å². The maximum Gasteiger partial charge on any atom is 0.335 e. The zero-order valence-electron chi connectivity index (χ0n) is 9.49. The highest BCUT2D eigenvalue weighted by molar-refractivity contribution is 5.89. The van der Waals surface area contributed by atoms with Crippen molar-refractivity contribution in [1.29, 1.82) is 0 Å². The van der Waals surface area contributed by atoms with E-state index in [4.69, 9.17) is 5.11 Å². The molecule has 0 saturated heterocycles. The van der Waals surface area contributed by atoms with Gasteiger partial charge in [-0.2, -0.15) is 0 Å². The Morgan fingerprint density at radius 1 is 1.50 bits per heavy atom. The third-order valence-electron chi connectivity index (χ3n) is 3.29. The third-order valence-corrected chi connectivity index (χ3v) is 3.29.